The van der Waals surface area contributed by atoms with E-state index in [0.717, 1.165) is 4.90 Å². The fraction of sp³-hybridized carbons (Fsp3) is 0.364. The number of nitrogens with zero attached hydrogens (tertiary/aromatic N) is 1. The highest BCUT2D eigenvalue weighted by molar-refractivity contribution is 7.99. The van der Waals surface area contributed by atoms with Gasteiger partial charge in [-0.25, -0.2) is 8.42 Å². The van der Waals surface area contributed by atoms with Crippen LogP contribution >= 0.6 is 11.8 Å². The molecule has 1 rings (SSSR count). The topological polar surface area (TPSA) is 57.9 Å². The van der Waals surface area contributed by atoms with Crippen molar-refractivity contribution in [3.63, 3.8) is 0 Å². The van der Waals surface area contributed by atoms with Gasteiger partial charge in [-0.2, -0.15) is 5.26 Å². The zero-order valence-corrected chi connectivity index (χ0v) is 10.8. The lowest BCUT2D eigenvalue weighted by Gasteiger charge is -2.05. The first-order chi connectivity index (χ1) is 7.45. The maximum absolute atomic E-state index is 11.5. The van der Waals surface area contributed by atoms with Gasteiger partial charge in [-0.1, -0.05) is 13.8 Å². The first kappa shape index (κ1) is 13.1. The quantitative estimate of drug-likeness (QED) is 0.776. The van der Waals surface area contributed by atoms with Crippen molar-refractivity contribution in [3.05, 3.63) is 24.3 Å². The van der Waals surface area contributed by atoms with Crippen LogP contribution in [0.25, 0.3) is 0 Å². The van der Waals surface area contributed by atoms with Crippen LogP contribution in [0.4, 0.5) is 0 Å². The number of thioether (sulfide) groups is 1. The number of benzene rings is 1. The van der Waals surface area contributed by atoms with Crippen molar-refractivity contribution in [2.24, 2.45) is 0 Å². The van der Waals surface area contributed by atoms with Gasteiger partial charge in [0.1, 0.15) is 5.75 Å². The van der Waals surface area contributed by atoms with Crippen molar-refractivity contribution < 1.29 is 8.42 Å². The lowest BCUT2D eigenvalue weighted by molar-refractivity contribution is 0.599. The maximum atomic E-state index is 11.5. The van der Waals surface area contributed by atoms with E-state index < -0.39 is 15.6 Å². The Bertz CT molecular complexity index is 484. The van der Waals surface area contributed by atoms with Crippen molar-refractivity contribution in [1.82, 2.24) is 0 Å². The average Bonchev–Trinajstić information content (AvgIpc) is 2.17. The molecule has 0 spiro atoms. The molecule has 0 atom stereocenters. The van der Waals surface area contributed by atoms with Crippen molar-refractivity contribution in [2.75, 3.05) is 5.75 Å². The zero-order valence-electron chi connectivity index (χ0n) is 9.17. The van der Waals surface area contributed by atoms with Crippen LogP contribution in [-0.4, -0.2) is 19.4 Å². The summed E-state index contributed by atoms with van der Waals surface area (Å²) in [5.74, 6) is -0.469. The fourth-order valence-corrected chi connectivity index (χ4v) is 2.89. The fourth-order valence-electron chi connectivity index (χ4n) is 1.17. The Morgan fingerprint density at radius 2 is 1.88 bits per heavy atom. The van der Waals surface area contributed by atoms with E-state index in [2.05, 4.69) is 13.8 Å². The zero-order chi connectivity index (χ0) is 12.2. The van der Waals surface area contributed by atoms with Crippen molar-refractivity contribution in [3.8, 4) is 6.07 Å². The van der Waals surface area contributed by atoms with Gasteiger partial charge in [-0.3, -0.25) is 0 Å². The Morgan fingerprint density at radius 3 is 2.31 bits per heavy atom. The summed E-state index contributed by atoms with van der Waals surface area (Å²) in [6.45, 7) is 4.15. The smallest absolute Gasteiger partial charge is 0.191 e. The molecule has 0 aliphatic heterocycles. The Balaban J connectivity index is 2.92. The molecule has 0 fully saturated rings. The molecule has 0 heterocycles. The molecular weight excluding hydrogens is 242 g/mol. The summed E-state index contributed by atoms with van der Waals surface area (Å²) in [7, 11) is -3.43. The van der Waals surface area contributed by atoms with Crippen LogP contribution in [0.15, 0.2) is 34.1 Å². The van der Waals surface area contributed by atoms with E-state index in [4.69, 9.17) is 5.26 Å². The molecule has 0 aliphatic rings. The Hall–Kier alpha value is -0.990. The summed E-state index contributed by atoms with van der Waals surface area (Å²) >= 11 is 1.67. The highest BCUT2D eigenvalue weighted by Gasteiger charge is 2.13. The lowest BCUT2D eigenvalue weighted by Crippen LogP contribution is -2.04. The molecular formula is C11H13NO2S2. The number of hydrogen-bond acceptors (Lipinski definition) is 4. The highest BCUT2D eigenvalue weighted by Crippen LogP contribution is 2.24. The van der Waals surface area contributed by atoms with E-state index in [0.29, 0.717) is 5.25 Å². The molecule has 0 aliphatic carbocycles. The second-order valence-corrected chi connectivity index (χ2v) is 7.19. The van der Waals surface area contributed by atoms with Gasteiger partial charge in [0.15, 0.2) is 9.84 Å². The predicted octanol–water partition coefficient (Wildman–Crippen LogP) is 2.48. The minimum Gasteiger partial charge on any atom is -0.223 e. The molecule has 0 radical (unpaired) electrons. The molecule has 0 saturated heterocycles. The molecule has 0 saturated carbocycles. The van der Waals surface area contributed by atoms with Gasteiger partial charge in [0.25, 0.3) is 0 Å². The molecule has 1 aromatic rings. The molecule has 3 nitrogen and oxygen atoms in total. The van der Waals surface area contributed by atoms with Crippen LogP contribution in [0, 0.1) is 11.3 Å². The maximum Gasteiger partial charge on any atom is 0.191 e. The van der Waals surface area contributed by atoms with E-state index in [-0.39, 0.29) is 4.90 Å². The van der Waals surface area contributed by atoms with Crippen molar-refractivity contribution in [2.45, 2.75) is 28.9 Å². The summed E-state index contributed by atoms with van der Waals surface area (Å²) in [5.41, 5.74) is 0. The van der Waals surface area contributed by atoms with E-state index in [1.807, 2.05) is 0 Å². The highest BCUT2D eigenvalue weighted by atomic mass is 32.2. The Morgan fingerprint density at radius 1 is 1.31 bits per heavy atom. The monoisotopic (exact) mass is 255 g/mol. The van der Waals surface area contributed by atoms with Crippen LogP contribution < -0.4 is 0 Å². The van der Waals surface area contributed by atoms with E-state index in [1.54, 1.807) is 42.1 Å². The standard InChI is InChI=1S/C11H13NO2S2/c1-9(2)15-10-3-5-11(6-4-10)16(13,14)8-7-12/h3-6,9H,8H2,1-2H3. The van der Waals surface area contributed by atoms with Crippen LogP contribution in [0.1, 0.15) is 13.8 Å². The Labute approximate surface area is 100 Å². The molecule has 1 aromatic carbocycles. The van der Waals surface area contributed by atoms with E-state index in [1.165, 1.54) is 0 Å². The molecule has 16 heavy (non-hydrogen) atoms. The summed E-state index contributed by atoms with van der Waals surface area (Å²) in [5, 5.41) is 8.86. The van der Waals surface area contributed by atoms with Crippen LogP contribution in [-0.2, 0) is 9.84 Å². The molecule has 5 heteroatoms. The predicted molar refractivity (Wildman–Crippen MR) is 65.1 cm³/mol. The van der Waals surface area contributed by atoms with Crippen LogP contribution in [0.5, 0.6) is 0 Å². The van der Waals surface area contributed by atoms with Crippen LogP contribution in [0.2, 0.25) is 0 Å². The number of sulfone groups is 1. The van der Waals surface area contributed by atoms with Gasteiger partial charge in [0, 0.05) is 10.1 Å². The lowest BCUT2D eigenvalue weighted by atomic mass is 10.4. The second-order valence-electron chi connectivity index (χ2n) is 3.56. The molecule has 0 aromatic heterocycles. The molecule has 0 amide bonds. The largest absolute Gasteiger partial charge is 0.223 e. The SMILES string of the molecule is CC(C)Sc1ccc(S(=O)(=O)CC#N)cc1. The molecule has 0 unspecified atom stereocenters. The van der Waals surface area contributed by atoms with Crippen molar-refractivity contribution in [1.29, 1.82) is 5.26 Å². The van der Waals surface area contributed by atoms with Gasteiger partial charge in [-0.05, 0) is 24.3 Å². The third kappa shape index (κ3) is 3.54. The Kier molecular flexibility index (Phi) is 4.39. The summed E-state index contributed by atoms with van der Waals surface area (Å²) in [6, 6.07) is 8.31. The second kappa shape index (κ2) is 5.37. The molecule has 0 N–H and O–H groups in total. The van der Waals surface area contributed by atoms with Crippen LogP contribution in [0.3, 0.4) is 0 Å². The van der Waals surface area contributed by atoms with Gasteiger partial charge < -0.3 is 0 Å². The number of hydrogen-bond donors (Lipinski definition) is 0. The summed E-state index contributed by atoms with van der Waals surface area (Å²) < 4.78 is 23.1. The van der Waals surface area contributed by atoms with Crippen molar-refractivity contribution >= 4 is 21.6 Å². The molecule has 0 bridgehead atoms. The number of rotatable bonds is 4. The number of nitriles is 1. The van der Waals surface area contributed by atoms with Gasteiger partial charge in [0.2, 0.25) is 0 Å². The molecule has 86 valence electrons. The van der Waals surface area contributed by atoms with Gasteiger partial charge >= 0.3 is 0 Å². The summed E-state index contributed by atoms with van der Waals surface area (Å²) in [6.07, 6.45) is 0. The van der Waals surface area contributed by atoms with Gasteiger partial charge in [0.05, 0.1) is 11.0 Å². The summed E-state index contributed by atoms with van der Waals surface area (Å²) in [4.78, 5) is 1.24. The third-order valence-electron chi connectivity index (χ3n) is 1.81. The van der Waals surface area contributed by atoms with E-state index >= 15 is 0 Å². The normalized spacial score (nSPS) is 11.4. The minimum absolute atomic E-state index is 0.210. The first-order valence-corrected chi connectivity index (χ1v) is 7.35. The minimum atomic E-state index is -3.43. The third-order valence-corrected chi connectivity index (χ3v) is 4.32. The average molecular weight is 255 g/mol. The van der Waals surface area contributed by atoms with E-state index in [9.17, 15) is 8.42 Å². The van der Waals surface area contributed by atoms with Gasteiger partial charge in [-0.15, -0.1) is 11.8 Å². The first-order valence-electron chi connectivity index (χ1n) is 4.82.